The Morgan fingerprint density at radius 3 is 2.32 bits per heavy atom. The van der Waals surface area contributed by atoms with Crippen LogP contribution >= 0.6 is 15.9 Å². The van der Waals surface area contributed by atoms with Gasteiger partial charge in [0.25, 0.3) is 0 Å². The number of rotatable bonds is 12. The van der Waals surface area contributed by atoms with Crippen molar-refractivity contribution in [3.8, 4) is 0 Å². The van der Waals surface area contributed by atoms with Gasteiger partial charge in [0.2, 0.25) is 11.8 Å². The molecule has 10 heteroatoms. The van der Waals surface area contributed by atoms with Gasteiger partial charge < -0.3 is 10.2 Å². The summed E-state index contributed by atoms with van der Waals surface area (Å²) in [4.78, 5) is 27.8. The summed E-state index contributed by atoms with van der Waals surface area (Å²) in [5, 5.41) is 2.87. The molecule has 0 aliphatic heterocycles. The van der Waals surface area contributed by atoms with Crippen LogP contribution in [0.2, 0.25) is 0 Å². The zero-order valence-corrected chi connectivity index (χ0v) is 22.5. The standard InChI is InChI=1S/C24H33BrN4O4S/c1-5-6-15-26-24(31)19(2)28(17-20-11-10-12-21(25)16-20)23(30)18-29(34(32,33)27(3)4)22-13-8-7-9-14-22/h7-14,16,19H,5-6,15,17-18H2,1-4H3,(H,26,31)/t19-/m1/s1. The molecule has 0 saturated carbocycles. The van der Waals surface area contributed by atoms with E-state index >= 15 is 0 Å². The van der Waals surface area contributed by atoms with Crippen LogP contribution in [0.25, 0.3) is 0 Å². The molecule has 0 saturated heterocycles. The SMILES string of the molecule is CCCCNC(=O)[C@@H](C)N(Cc1cccc(Br)c1)C(=O)CN(c1ccccc1)S(=O)(=O)N(C)C. The summed E-state index contributed by atoms with van der Waals surface area (Å²) in [6.45, 7) is 3.92. The monoisotopic (exact) mass is 552 g/mol. The molecule has 34 heavy (non-hydrogen) atoms. The summed E-state index contributed by atoms with van der Waals surface area (Å²) < 4.78 is 29.1. The third-order valence-corrected chi connectivity index (χ3v) is 7.61. The van der Waals surface area contributed by atoms with Gasteiger partial charge in [-0.05, 0) is 43.2 Å². The lowest BCUT2D eigenvalue weighted by molar-refractivity contribution is -0.139. The van der Waals surface area contributed by atoms with E-state index in [2.05, 4.69) is 21.2 Å². The molecule has 0 spiro atoms. The minimum Gasteiger partial charge on any atom is -0.354 e. The second-order valence-corrected chi connectivity index (χ2v) is 11.1. The number of amides is 2. The second-order valence-electron chi connectivity index (χ2n) is 8.10. The van der Waals surface area contributed by atoms with E-state index in [1.165, 1.54) is 19.0 Å². The molecule has 0 unspecified atom stereocenters. The van der Waals surface area contributed by atoms with Crippen LogP contribution < -0.4 is 9.62 Å². The number of unbranched alkanes of at least 4 members (excludes halogenated alkanes) is 1. The molecule has 186 valence electrons. The quantitative estimate of drug-likeness (QED) is 0.408. The molecule has 0 bridgehead atoms. The van der Waals surface area contributed by atoms with E-state index in [9.17, 15) is 18.0 Å². The normalized spacial score (nSPS) is 12.3. The van der Waals surface area contributed by atoms with Gasteiger partial charge in [-0.3, -0.25) is 9.59 Å². The zero-order chi connectivity index (χ0) is 25.3. The smallest absolute Gasteiger partial charge is 0.304 e. The highest BCUT2D eigenvalue weighted by molar-refractivity contribution is 9.10. The van der Waals surface area contributed by atoms with E-state index in [1.807, 2.05) is 31.2 Å². The minimum atomic E-state index is -3.95. The Kier molecular flexibility index (Phi) is 10.5. The number of nitrogens with zero attached hydrogens (tertiary/aromatic N) is 3. The van der Waals surface area contributed by atoms with Gasteiger partial charge in [-0.25, -0.2) is 4.31 Å². The maximum Gasteiger partial charge on any atom is 0.304 e. The van der Waals surface area contributed by atoms with Crippen molar-refractivity contribution in [2.75, 3.05) is 31.5 Å². The fraction of sp³-hybridized carbons (Fsp3) is 0.417. The molecule has 0 aromatic heterocycles. The predicted molar refractivity (Wildman–Crippen MR) is 138 cm³/mol. The lowest BCUT2D eigenvalue weighted by Crippen LogP contribution is -2.52. The Morgan fingerprint density at radius 2 is 1.74 bits per heavy atom. The van der Waals surface area contributed by atoms with E-state index in [0.29, 0.717) is 12.2 Å². The van der Waals surface area contributed by atoms with Crippen molar-refractivity contribution >= 4 is 43.6 Å². The van der Waals surface area contributed by atoms with Crippen LogP contribution in [-0.2, 0) is 26.3 Å². The van der Waals surface area contributed by atoms with Gasteiger partial charge in [-0.15, -0.1) is 0 Å². The molecule has 0 fully saturated rings. The van der Waals surface area contributed by atoms with Crippen LogP contribution in [-0.4, -0.2) is 62.7 Å². The van der Waals surface area contributed by atoms with Gasteiger partial charge in [0.15, 0.2) is 0 Å². The first-order valence-corrected chi connectivity index (χ1v) is 13.3. The van der Waals surface area contributed by atoms with Crippen LogP contribution in [0.4, 0.5) is 5.69 Å². The maximum absolute atomic E-state index is 13.6. The first-order chi connectivity index (χ1) is 16.1. The van der Waals surface area contributed by atoms with Crippen LogP contribution in [0.1, 0.15) is 32.3 Å². The molecule has 1 N–H and O–H groups in total. The van der Waals surface area contributed by atoms with Crippen molar-refractivity contribution in [3.05, 3.63) is 64.6 Å². The van der Waals surface area contributed by atoms with Crippen molar-refractivity contribution < 1.29 is 18.0 Å². The molecular formula is C24H33BrN4O4S. The van der Waals surface area contributed by atoms with Gasteiger partial charge in [0.1, 0.15) is 12.6 Å². The van der Waals surface area contributed by atoms with Crippen LogP contribution in [0.3, 0.4) is 0 Å². The number of anilines is 1. The molecule has 2 aromatic carbocycles. The number of halogens is 1. The summed E-state index contributed by atoms with van der Waals surface area (Å²) in [6, 6.07) is 15.1. The van der Waals surface area contributed by atoms with Crippen molar-refractivity contribution in [1.29, 1.82) is 0 Å². The topological polar surface area (TPSA) is 90.0 Å². The number of benzene rings is 2. The molecule has 2 rings (SSSR count). The number of carbonyl (C=O) groups is 2. The first kappa shape index (κ1) is 27.8. The first-order valence-electron chi connectivity index (χ1n) is 11.1. The Morgan fingerprint density at radius 1 is 1.06 bits per heavy atom. The van der Waals surface area contributed by atoms with Gasteiger partial charge in [-0.2, -0.15) is 12.7 Å². The molecule has 0 radical (unpaired) electrons. The van der Waals surface area contributed by atoms with Crippen LogP contribution in [0.5, 0.6) is 0 Å². The van der Waals surface area contributed by atoms with Crippen molar-refractivity contribution in [1.82, 2.24) is 14.5 Å². The summed E-state index contributed by atoms with van der Waals surface area (Å²) in [7, 11) is -1.12. The number of para-hydroxylation sites is 1. The van der Waals surface area contributed by atoms with Gasteiger partial charge in [-0.1, -0.05) is 59.6 Å². The summed E-state index contributed by atoms with van der Waals surface area (Å²) in [5.41, 5.74) is 1.18. The van der Waals surface area contributed by atoms with E-state index < -0.39 is 28.7 Å². The van der Waals surface area contributed by atoms with Crippen molar-refractivity contribution in [3.63, 3.8) is 0 Å². The largest absolute Gasteiger partial charge is 0.354 e. The highest BCUT2D eigenvalue weighted by atomic mass is 79.9. The number of hydrogen-bond acceptors (Lipinski definition) is 4. The Hall–Kier alpha value is -2.43. The fourth-order valence-corrected chi connectivity index (χ4v) is 4.76. The molecule has 0 aliphatic carbocycles. The van der Waals surface area contributed by atoms with Crippen LogP contribution in [0, 0.1) is 0 Å². The average Bonchev–Trinajstić information content (AvgIpc) is 2.80. The number of hydrogen-bond donors (Lipinski definition) is 1. The Labute approximate surface area is 211 Å². The molecular weight excluding hydrogens is 520 g/mol. The maximum atomic E-state index is 13.6. The van der Waals surface area contributed by atoms with E-state index in [-0.39, 0.29) is 12.5 Å². The van der Waals surface area contributed by atoms with E-state index in [4.69, 9.17) is 0 Å². The molecule has 0 aliphatic rings. The molecule has 0 heterocycles. The van der Waals surface area contributed by atoms with Crippen molar-refractivity contribution in [2.24, 2.45) is 0 Å². The van der Waals surface area contributed by atoms with E-state index in [0.717, 1.165) is 31.5 Å². The third-order valence-electron chi connectivity index (χ3n) is 5.30. The van der Waals surface area contributed by atoms with Crippen LogP contribution in [0.15, 0.2) is 59.1 Å². The third kappa shape index (κ3) is 7.54. The summed E-state index contributed by atoms with van der Waals surface area (Å²) in [5.74, 6) is -0.758. The average molecular weight is 554 g/mol. The molecule has 2 amide bonds. The molecule has 2 aromatic rings. The van der Waals surface area contributed by atoms with Gasteiger partial charge in [0.05, 0.1) is 5.69 Å². The van der Waals surface area contributed by atoms with Crippen molar-refractivity contribution in [2.45, 2.75) is 39.3 Å². The highest BCUT2D eigenvalue weighted by Crippen LogP contribution is 2.21. The Bertz CT molecular complexity index is 1060. The number of nitrogens with one attached hydrogen (secondary N) is 1. The highest BCUT2D eigenvalue weighted by Gasteiger charge is 2.32. The second kappa shape index (κ2) is 12.9. The minimum absolute atomic E-state index is 0.158. The fourth-order valence-electron chi connectivity index (χ4n) is 3.26. The molecule has 8 nitrogen and oxygen atoms in total. The molecule has 1 atom stereocenters. The summed E-state index contributed by atoms with van der Waals surface area (Å²) in [6.07, 6.45) is 1.77. The van der Waals surface area contributed by atoms with Gasteiger partial charge >= 0.3 is 10.2 Å². The lowest BCUT2D eigenvalue weighted by atomic mass is 10.1. The summed E-state index contributed by atoms with van der Waals surface area (Å²) >= 11 is 3.43. The van der Waals surface area contributed by atoms with Gasteiger partial charge in [0, 0.05) is 31.7 Å². The zero-order valence-electron chi connectivity index (χ0n) is 20.1. The number of carbonyl (C=O) groups excluding carboxylic acids is 2. The Balaban J connectivity index is 2.38. The van der Waals surface area contributed by atoms with E-state index in [1.54, 1.807) is 37.3 Å². The lowest BCUT2D eigenvalue weighted by Gasteiger charge is -2.32. The predicted octanol–water partition coefficient (Wildman–Crippen LogP) is 3.40.